The number of benzene rings is 3. The number of phenols is 1. The first-order valence-electron chi connectivity index (χ1n) is 8.32. The topological polar surface area (TPSA) is 61.4 Å². The quantitative estimate of drug-likeness (QED) is 0.515. The van der Waals surface area contributed by atoms with Gasteiger partial charge in [0.05, 0.1) is 27.0 Å². The summed E-state index contributed by atoms with van der Waals surface area (Å²) in [5.41, 5.74) is 3.42. The number of para-hydroxylation sites is 1. The number of hydrogen-bond acceptors (Lipinski definition) is 3. The number of aryl methyl sites for hydroxylation is 1. The minimum atomic E-state index is -0.230. The normalized spacial score (nSPS) is 10.5. The lowest BCUT2D eigenvalue weighted by molar-refractivity contribution is 0.0952. The molecule has 0 spiro atoms. The molecule has 0 radical (unpaired) electrons. The Bertz CT molecular complexity index is 972. The van der Waals surface area contributed by atoms with Gasteiger partial charge < -0.3 is 15.7 Å². The van der Waals surface area contributed by atoms with Crippen LogP contribution in [0.1, 0.15) is 21.5 Å². The van der Waals surface area contributed by atoms with Gasteiger partial charge in [0.2, 0.25) is 0 Å². The van der Waals surface area contributed by atoms with Crippen LogP contribution in [-0.2, 0) is 6.54 Å². The van der Waals surface area contributed by atoms with Crippen LogP contribution >= 0.6 is 23.2 Å². The average Bonchev–Trinajstić information content (AvgIpc) is 2.68. The van der Waals surface area contributed by atoms with E-state index in [0.717, 1.165) is 11.1 Å². The molecule has 6 heteroatoms. The van der Waals surface area contributed by atoms with Crippen molar-refractivity contribution in [2.24, 2.45) is 0 Å². The molecule has 0 aliphatic rings. The van der Waals surface area contributed by atoms with Crippen molar-refractivity contribution in [2.45, 2.75) is 13.5 Å². The molecule has 0 aliphatic carbocycles. The third kappa shape index (κ3) is 4.54. The third-order valence-electron chi connectivity index (χ3n) is 4.10. The molecule has 0 bridgehead atoms. The van der Waals surface area contributed by atoms with E-state index in [1.807, 2.05) is 19.1 Å². The van der Waals surface area contributed by atoms with Gasteiger partial charge in [-0.1, -0.05) is 53.5 Å². The Kier molecular flexibility index (Phi) is 5.89. The van der Waals surface area contributed by atoms with Crippen molar-refractivity contribution < 1.29 is 9.90 Å². The van der Waals surface area contributed by atoms with Gasteiger partial charge >= 0.3 is 0 Å². The Morgan fingerprint density at radius 1 is 1.00 bits per heavy atom. The maximum Gasteiger partial charge on any atom is 0.253 e. The number of amides is 1. The van der Waals surface area contributed by atoms with Gasteiger partial charge in [-0.25, -0.2) is 0 Å². The molecule has 0 fully saturated rings. The fourth-order valence-corrected chi connectivity index (χ4v) is 3.05. The van der Waals surface area contributed by atoms with Crippen molar-refractivity contribution in [3.8, 4) is 5.75 Å². The van der Waals surface area contributed by atoms with Crippen molar-refractivity contribution in [3.05, 3.63) is 87.4 Å². The van der Waals surface area contributed by atoms with Crippen LogP contribution in [0.4, 0.5) is 11.4 Å². The number of phenolic OH excluding ortho intramolecular Hbond substituents is 1. The zero-order valence-electron chi connectivity index (χ0n) is 14.6. The van der Waals surface area contributed by atoms with E-state index in [-0.39, 0.29) is 11.7 Å². The van der Waals surface area contributed by atoms with E-state index in [0.29, 0.717) is 33.5 Å². The van der Waals surface area contributed by atoms with Crippen LogP contribution in [0.5, 0.6) is 5.75 Å². The largest absolute Gasteiger partial charge is 0.508 e. The highest BCUT2D eigenvalue weighted by Crippen LogP contribution is 2.35. The Morgan fingerprint density at radius 2 is 1.70 bits per heavy atom. The number of hydrogen-bond donors (Lipinski definition) is 3. The third-order valence-corrected chi connectivity index (χ3v) is 4.91. The monoisotopic (exact) mass is 400 g/mol. The summed E-state index contributed by atoms with van der Waals surface area (Å²) >= 11 is 12.6. The summed E-state index contributed by atoms with van der Waals surface area (Å²) in [7, 11) is 0. The molecule has 3 N–H and O–H groups in total. The van der Waals surface area contributed by atoms with Crippen LogP contribution in [0.25, 0.3) is 0 Å². The van der Waals surface area contributed by atoms with Gasteiger partial charge in [-0.2, -0.15) is 0 Å². The summed E-state index contributed by atoms with van der Waals surface area (Å²) in [5, 5.41) is 16.4. The van der Waals surface area contributed by atoms with E-state index in [4.69, 9.17) is 23.2 Å². The second-order valence-corrected chi connectivity index (χ2v) is 6.86. The first-order chi connectivity index (χ1) is 13.0. The number of carbonyl (C=O) groups is 1. The minimum absolute atomic E-state index is 0.187. The number of aromatic hydroxyl groups is 1. The SMILES string of the molecule is Cc1ccc(Cl)c(Nc2ccccc2C(=O)NCc2ccc(O)cc2)c1Cl. The van der Waals surface area contributed by atoms with Crippen molar-refractivity contribution in [1.29, 1.82) is 0 Å². The number of anilines is 2. The Morgan fingerprint density at radius 3 is 2.44 bits per heavy atom. The number of nitrogens with one attached hydrogen (secondary N) is 2. The molecule has 0 heterocycles. The molecular formula is C21H18Cl2N2O2. The lowest BCUT2D eigenvalue weighted by Crippen LogP contribution is -2.23. The number of halogens is 2. The maximum atomic E-state index is 12.7. The number of rotatable bonds is 5. The summed E-state index contributed by atoms with van der Waals surface area (Å²) < 4.78 is 0. The Balaban J connectivity index is 1.80. The first-order valence-corrected chi connectivity index (χ1v) is 9.08. The molecule has 3 aromatic rings. The second-order valence-electron chi connectivity index (χ2n) is 6.07. The van der Waals surface area contributed by atoms with Gasteiger partial charge in [0.15, 0.2) is 0 Å². The van der Waals surface area contributed by atoms with Crippen molar-refractivity contribution >= 4 is 40.5 Å². The summed E-state index contributed by atoms with van der Waals surface area (Å²) in [6.07, 6.45) is 0. The molecule has 0 unspecified atom stereocenters. The smallest absolute Gasteiger partial charge is 0.253 e. The summed E-state index contributed by atoms with van der Waals surface area (Å²) in [6.45, 7) is 2.24. The van der Waals surface area contributed by atoms with Crippen LogP contribution < -0.4 is 10.6 Å². The Labute approximate surface area is 167 Å². The standard InChI is InChI=1S/C21H18Cl2N2O2/c1-13-6-11-17(22)20(19(13)23)25-18-5-3-2-4-16(18)21(27)24-12-14-7-9-15(26)10-8-14/h2-11,25-26H,12H2,1H3,(H,24,27). The molecule has 27 heavy (non-hydrogen) atoms. The molecule has 3 aromatic carbocycles. The number of carbonyl (C=O) groups excluding carboxylic acids is 1. The molecule has 0 aromatic heterocycles. The highest BCUT2D eigenvalue weighted by molar-refractivity contribution is 6.39. The van der Waals surface area contributed by atoms with Crippen molar-refractivity contribution in [3.63, 3.8) is 0 Å². The van der Waals surface area contributed by atoms with Crippen LogP contribution in [-0.4, -0.2) is 11.0 Å². The molecule has 0 saturated carbocycles. The molecule has 0 saturated heterocycles. The molecule has 1 amide bonds. The lowest BCUT2D eigenvalue weighted by atomic mass is 10.1. The Hall–Kier alpha value is -2.69. The first kappa shape index (κ1) is 19.1. The van der Waals surface area contributed by atoms with E-state index in [1.54, 1.807) is 48.5 Å². The highest BCUT2D eigenvalue weighted by Gasteiger charge is 2.14. The predicted molar refractivity (Wildman–Crippen MR) is 110 cm³/mol. The predicted octanol–water partition coefficient (Wildman–Crippen LogP) is 5.68. The molecule has 0 atom stereocenters. The van der Waals surface area contributed by atoms with Crippen LogP contribution in [0.2, 0.25) is 10.0 Å². The molecule has 3 rings (SSSR count). The molecule has 138 valence electrons. The zero-order chi connectivity index (χ0) is 19.4. The van der Waals surface area contributed by atoms with Gasteiger partial charge in [-0.15, -0.1) is 0 Å². The van der Waals surface area contributed by atoms with E-state index in [1.165, 1.54) is 0 Å². The van der Waals surface area contributed by atoms with Gasteiger partial charge in [-0.05, 0) is 48.4 Å². The van der Waals surface area contributed by atoms with Crippen molar-refractivity contribution in [2.75, 3.05) is 5.32 Å². The second kappa shape index (κ2) is 8.33. The van der Waals surface area contributed by atoms with Gasteiger partial charge in [0.1, 0.15) is 5.75 Å². The molecule has 0 aliphatic heterocycles. The fourth-order valence-electron chi connectivity index (χ4n) is 2.59. The lowest BCUT2D eigenvalue weighted by Gasteiger charge is -2.15. The van der Waals surface area contributed by atoms with Gasteiger partial charge in [0, 0.05) is 6.54 Å². The fraction of sp³-hybridized carbons (Fsp3) is 0.0952. The van der Waals surface area contributed by atoms with E-state index in [2.05, 4.69) is 10.6 Å². The molecular weight excluding hydrogens is 383 g/mol. The van der Waals surface area contributed by atoms with Crippen LogP contribution in [0, 0.1) is 6.92 Å². The van der Waals surface area contributed by atoms with Gasteiger partial charge in [0.25, 0.3) is 5.91 Å². The maximum absolute atomic E-state index is 12.7. The van der Waals surface area contributed by atoms with E-state index < -0.39 is 0 Å². The van der Waals surface area contributed by atoms with Crippen LogP contribution in [0.3, 0.4) is 0 Å². The minimum Gasteiger partial charge on any atom is -0.508 e. The van der Waals surface area contributed by atoms with Crippen LogP contribution in [0.15, 0.2) is 60.7 Å². The summed E-state index contributed by atoms with van der Waals surface area (Å²) in [5.74, 6) is -0.0439. The van der Waals surface area contributed by atoms with E-state index >= 15 is 0 Å². The highest BCUT2D eigenvalue weighted by atomic mass is 35.5. The molecule has 4 nitrogen and oxygen atoms in total. The van der Waals surface area contributed by atoms with Gasteiger partial charge in [-0.3, -0.25) is 4.79 Å². The van der Waals surface area contributed by atoms with E-state index in [9.17, 15) is 9.90 Å². The average molecular weight is 401 g/mol. The zero-order valence-corrected chi connectivity index (χ0v) is 16.1. The summed E-state index contributed by atoms with van der Waals surface area (Å²) in [6, 6.07) is 17.4. The van der Waals surface area contributed by atoms with Crippen molar-refractivity contribution in [1.82, 2.24) is 5.32 Å². The summed E-state index contributed by atoms with van der Waals surface area (Å²) in [4.78, 5) is 12.7.